The first kappa shape index (κ1) is 23.4. The SMILES string of the molecule is CC(Oc1ccc(C(=O)C2c3ccc(O)cc3CCN2c2ccc(F)cc2)cc1)C1CCCCN1. The zero-order valence-corrected chi connectivity index (χ0v) is 19.9. The molecule has 2 aliphatic rings. The highest BCUT2D eigenvalue weighted by atomic mass is 19.1. The lowest BCUT2D eigenvalue weighted by Crippen LogP contribution is -2.44. The molecule has 3 atom stereocenters. The van der Waals surface area contributed by atoms with Gasteiger partial charge in [-0.05, 0) is 105 Å². The van der Waals surface area contributed by atoms with E-state index in [0.29, 0.717) is 24.6 Å². The topological polar surface area (TPSA) is 61.8 Å². The second-order valence-electron chi connectivity index (χ2n) is 9.47. The number of carbonyl (C=O) groups is 1. The summed E-state index contributed by atoms with van der Waals surface area (Å²) in [6.45, 7) is 3.69. The Kier molecular flexibility index (Phi) is 6.73. The van der Waals surface area contributed by atoms with Crippen LogP contribution in [0, 0.1) is 5.82 Å². The van der Waals surface area contributed by atoms with E-state index in [9.17, 15) is 14.3 Å². The minimum Gasteiger partial charge on any atom is -0.508 e. The van der Waals surface area contributed by atoms with E-state index >= 15 is 0 Å². The van der Waals surface area contributed by atoms with Crippen molar-refractivity contribution in [1.82, 2.24) is 5.32 Å². The summed E-state index contributed by atoms with van der Waals surface area (Å²) in [6.07, 6.45) is 4.25. The summed E-state index contributed by atoms with van der Waals surface area (Å²) in [5.41, 5.74) is 3.19. The smallest absolute Gasteiger partial charge is 0.189 e. The van der Waals surface area contributed by atoms with Gasteiger partial charge in [0.15, 0.2) is 5.78 Å². The minimum atomic E-state index is -0.568. The van der Waals surface area contributed by atoms with Gasteiger partial charge in [-0.15, -0.1) is 0 Å². The summed E-state index contributed by atoms with van der Waals surface area (Å²) in [4.78, 5) is 15.9. The van der Waals surface area contributed by atoms with Crippen LogP contribution in [0.5, 0.6) is 11.5 Å². The number of anilines is 1. The fourth-order valence-corrected chi connectivity index (χ4v) is 5.24. The molecule has 0 aliphatic carbocycles. The molecule has 3 aromatic carbocycles. The summed E-state index contributed by atoms with van der Waals surface area (Å²) < 4.78 is 19.7. The molecule has 2 N–H and O–H groups in total. The second kappa shape index (κ2) is 10.1. The molecule has 0 spiro atoms. The number of rotatable bonds is 6. The van der Waals surface area contributed by atoms with E-state index in [0.717, 1.165) is 35.5 Å². The van der Waals surface area contributed by atoms with Gasteiger partial charge in [-0.1, -0.05) is 12.5 Å². The van der Waals surface area contributed by atoms with Gasteiger partial charge in [0.2, 0.25) is 0 Å². The number of nitrogens with one attached hydrogen (secondary N) is 1. The maximum Gasteiger partial charge on any atom is 0.189 e. The van der Waals surface area contributed by atoms with Crippen molar-refractivity contribution in [3.63, 3.8) is 0 Å². The van der Waals surface area contributed by atoms with Crippen LogP contribution in [0.4, 0.5) is 10.1 Å². The third-order valence-corrected chi connectivity index (χ3v) is 7.14. The van der Waals surface area contributed by atoms with Gasteiger partial charge in [0.25, 0.3) is 0 Å². The van der Waals surface area contributed by atoms with Crippen molar-refractivity contribution in [2.24, 2.45) is 0 Å². The van der Waals surface area contributed by atoms with Gasteiger partial charge < -0.3 is 20.1 Å². The van der Waals surface area contributed by atoms with Crippen LogP contribution in [0.25, 0.3) is 0 Å². The van der Waals surface area contributed by atoms with E-state index < -0.39 is 6.04 Å². The van der Waals surface area contributed by atoms with Gasteiger partial charge in [-0.2, -0.15) is 0 Å². The Balaban J connectivity index is 1.40. The Labute approximate surface area is 205 Å². The number of nitrogens with zero attached hydrogens (tertiary/aromatic N) is 1. The van der Waals surface area contributed by atoms with Crippen LogP contribution >= 0.6 is 0 Å². The number of fused-ring (bicyclic) bond motifs is 1. The first-order valence-corrected chi connectivity index (χ1v) is 12.4. The molecule has 5 rings (SSSR count). The largest absolute Gasteiger partial charge is 0.508 e. The first-order valence-electron chi connectivity index (χ1n) is 12.4. The fraction of sp³-hybridized carbons (Fsp3) is 0.345. The predicted octanol–water partition coefficient (Wildman–Crippen LogP) is 5.43. The number of aromatic hydroxyl groups is 1. The van der Waals surface area contributed by atoms with E-state index in [1.165, 1.54) is 25.0 Å². The highest BCUT2D eigenvalue weighted by Crippen LogP contribution is 2.37. The minimum absolute atomic E-state index is 0.0451. The molecular weight excluding hydrogens is 443 g/mol. The molecule has 0 saturated carbocycles. The maximum atomic E-state index is 13.8. The lowest BCUT2D eigenvalue weighted by Gasteiger charge is -2.38. The Morgan fingerprint density at radius 3 is 2.57 bits per heavy atom. The molecule has 2 heterocycles. The van der Waals surface area contributed by atoms with Gasteiger partial charge in [0.1, 0.15) is 29.5 Å². The lowest BCUT2D eigenvalue weighted by molar-refractivity contribution is 0.0954. The summed E-state index contributed by atoms with van der Waals surface area (Å²) in [5, 5.41) is 13.5. The van der Waals surface area contributed by atoms with E-state index in [1.807, 2.05) is 35.2 Å². The quantitative estimate of drug-likeness (QED) is 0.467. The van der Waals surface area contributed by atoms with Crippen LogP contribution < -0.4 is 15.0 Å². The molecular formula is C29H31FN2O3. The zero-order chi connectivity index (χ0) is 24.4. The van der Waals surface area contributed by atoms with Gasteiger partial charge in [-0.3, -0.25) is 4.79 Å². The number of ether oxygens (including phenoxy) is 1. The standard InChI is InChI=1S/C29H31FN2O3/c1-19(27-4-2-3-16-31-27)35-25-12-5-20(6-13-25)29(34)28-26-14-11-24(33)18-21(26)15-17-32(28)23-9-7-22(30)8-10-23/h5-14,18-19,27-28,31,33H,2-4,15-17H2,1H3. The highest BCUT2D eigenvalue weighted by Gasteiger charge is 2.34. The fourth-order valence-electron chi connectivity index (χ4n) is 5.24. The van der Waals surface area contributed by atoms with Crippen molar-refractivity contribution < 1.29 is 19.0 Å². The van der Waals surface area contributed by atoms with Crippen LogP contribution in [-0.4, -0.2) is 36.1 Å². The van der Waals surface area contributed by atoms with Crippen molar-refractivity contribution >= 4 is 11.5 Å². The molecule has 0 amide bonds. The van der Waals surface area contributed by atoms with E-state index in [-0.39, 0.29) is 23.5 Å². The summed E-state index contributed by atoms with van der Waals surface area (Å²) in [7, 11) is 0. The van der Waals surface area contributed by atoms with Crippen molar-refractivity contribution in [1.29, 1.82) is 0 Å². The average molecular weight is 475 g/mol. The molecule has 3 unspecified atom stereocenters. The van der Waals surface area contributed by atoms with Crippen LogP contribution in [0.1, 0.15) is 53.7 Å². The van der Waals surface area contributed by atoms with E-state index in [2.05, 4.69) is 12.2 Å². The van der Waals surface area contributed by atoms with E-state index in [4.69, 9.17) is 4.74 Å². The summed E-state index contributed by atoms with van der Waals surface area (Å²) >= 11 is 0. The number of carbonyl (C=O) groups excluding carboxylic acids is 1. The molecule has 0 radical (unpaired) electrons. The molecule has 3 aromatic rings. The number of phenolic OH excluding ortho intramolecular Hbond substituents is 1. The summed E-state index contributed by atoms with van der Waals surface area (Å²) in [6, 6.07) is 18.5. The predicted molar refractivity (Wildman–Crippen MR) is 135 cm³/mol. The molecule has 5 nitrogen and oxygen atoms in total. The Hall–Kier alpha value is -3.38. The molecule has 1 fully saturated rings. The molecule has 2 aliphatic heterocycles. The Bertz CT molecular complexity index is 1170. The molecule has 35 heavy (non-hydrogen) atoms. The second-order valence-corrected chi connectivity index (χ2v) is 9.47. The Morgan fingerprint density at radius 1 is 1.09 bits per heavy atom. The number of ketones is 1. The van der Waals surface area contributed by atoms with Crippen LogP contribution in [0.2, 0.25) is 0 Å². The maximum absolute atomic E-state index is 13.8. The summed E-state index contributed by atoms with van der Waals surface area (Å²) in [5.74, 6) is 0.570. The molecule has 1 saturated heterocycles. The normalized spacial score (nSPS) is 20.7. The van der Waals surface area contributed by atoms with Crippen molar-refractivity contribution in [2.45, 2.75) is 50.8 Å². The first-order chi connectivity index (χ1) is 17.0. The molecule has 0 bridgehead atoms. The van der Waals surface area contributed by atoms with Crippen LogP contribution in [0.3, 0.4) is 0 Å². The van der Waals surface area contributed by atoms with Crippen LogP contribution in [-0.2, 0) is 6.42 Å². The van der Waals surface area contributed by atoms with Gasteiger partial charge in [0, 0.05) is 23.8 Å². The number of hydrogen-bond donors (Lipinski definition) is 2. The zero-order valence-electron chi connectivity index (χ0n) is 19.9. The van der Waals surface area contributed by atoms with Gasteiger partial charge >= 0.3 is 0 Å². The van der Waals surface area contributed by atoms with Crippen molar-refractivity contribution in [2.75, 3.05) is 18.0 Å². The number of benzene rings is 3. The Morgan fingerprint density at radius 2 is 1.86 bits per heavy atom. The van der Waals surface area contributed by atoms with E-state index in [1.54, 1.807) is 24.3 Å². The number of phenols is 1. The number of piperidine rings is 1. The van der Waals surface area contributed by atoms with Crippen molar-refractivity contribution in [3.8, 4) is 11.5 Å². The average Bonchev–Trinajstić information content (AvgIpc) is 2.89. The van der Waals surface area contributed by atoms with Gasteiger partial charge in [-0.25, -0.2) is 4.39 Å². The molecule has 6 heteroatoms. The molecule has 182 valence electrons. The highest BCUT2D eigenvalue weighted by molar-refractivity contribution is 6.03. The number of halogens is 1. The number of Topliss-reactive ketones (excluding diaryl/α,β-unsaturated/α-hetero) is 1. The monoisotopic (exact) mass is 474 g/mol. The van der Waals surface area contributed by atoms with Crippen LogP contribution in [0.15, 0.2) is 66.7 Å². The third kappa shape index (κ3) is 5.03. The van der Waals surface area contributed by atoms with Gasteiger partial charge in [0.05, 0.1) is 0 Å². The van der Waals surface area contributed by atoms with Crippen molar-refractivity contribution in [3.05, 3.63) is 89.2 Å². The lowest BCUT2D eigenvalue weighted by atomic mass is 9.87. The number of hydrogen-bond acceptors (Lipinski definition) is 5. The molecule has 0 aromatic heterocycles. The third-order valence-electron chi connectivity index (χ3n) is 7.14.